The van der Waals surface area contributed by atoms with Crippen LogP contribution in [0.25, 0.3) is 0 Å². The molecule has 1 aromatic heterocycles. The zero-order valence-electron chi connectivity index (χ0n) is 12.5. The molecule has 0 fully saturated rings. The highest BCUT2D eigenvalue weighted by Gasteiger charge is 2.37. The monoisotopic (exact) mass is 302 g/mol. The standard InChI is InChI=1S/C15H18N4O3/c1-8-3-4-12(22-2)9(5-8)11-7-19-13(17-15(16)18-19)6-10(11)14(20)21/h3-5,10-11H,6-7H2,1-2H3,(H2,16,18)(H,20,21). The van der Waals surface area contributed by atoms with Gasteiger partial charge in [-0.05, 0) is 13.0 Å². The number of benzene rings is 1. The number of nitrogens with two attached hydrogens (primary N) is 1. The van der Waals surface area contributed by atoms with E-state index >= 15 is 0 Å². The van der Waals surface area contributed by atoms with Gasteiger partial charge >= 0.3 is 5.97 Å². The van der Waals surface area contributed by atoms with Crippen molar-refractivity contribution in [3.63, 3.8) is 0 Å². The summed E-state index contributed by atoms with van der Waals surface area (Å²) in [5.74, 6) is -0.170. The Kier molecular flexibility index (Phi) is 3.48. The summed E-state index contributed by atoms with van der Waals surface area (Å²) >= 11 is 0. The van der Waals surface area contributed by atoms with Gasteiger partial charge in [0.2, 0.25) is 5.95 Å². The quantitative estimate of drug-likeness (QED) is 0.883. The summed E-state index contributed by atoms with van der Waals surface area (Å²) < 4.78 is 7.11. The number of nitrogens with zero attached hydrogens (tertiary/aromatic N) is 3. The lowest BCUT2D eigenvalue weighted by Gasteiger charge is -2.30. The third-order valence-corrected chi connectivity index (χ3v) is 4.12. The van der Waals surface area contributed by atoms with E-state index in [0.29, 0.717) is 24.5 Å². The molecule has 2 atom stereocenters. The van der Waals surface area contributed by atoms with E-state index in [1.807, 2.05) is 25.1 Å². The van der Waals surface area contributed by atoms with Crippen LogP contribution in [0, 0.1) is 12.8 Å². The minimum Gasteiger partial charge on any atom is -0.496 e. The van der Waals surface area contributed by atoms with Gasteiger partial charge in [-0.1, -0.05) is 17.7 Å². The Morgan fingerprint density at radius 1 is 1.50 bits per heavy atom. The molecule has 0 amide bonds. The first-order valence-corrected chi connectivity index (χ1v) is 7.06. The van der Waals surface area contributed by atoms with E-state index in [9.17, 15) is 9.90 Å². The molecule has 2 aromatic rings. The van der Waals surface area contributed by atoms with Gasteiger partial charge in [-0.25, -0.2) is 4.68 Å². The minimum absolute atomic E-state index is 0.177. The van der Waals surface area contributed by atoms with Crippen molar-refractivity contribution in [2.75, 3.05) is 12.8 Å². The van der Waals surface area contributed by atoms with Crippen LogP contribution in [0.1, 0.15) is 22.9 Å². The average Bonchev–Trinajstić information content (AvgIpc) is 2.84. The molecule has 1 aromatic carbocycles. The van der Waals surface area contributed by atoms with Crippen LogP contribution in [0.5, 0.6) is 5.75 Å². The second-order valence-corrected chi connectivity index (χ2v) is 5.57. The smallest absolute Gasteiger partial charge is 0.307 e. The Labute approximate surface area is 127 Å². The second-order valence-electron chi connectivity index (χ2n) is 5.57. The van der Waals surface area contributed by atoms with Gasteiger partial charge in [-0.15, -0.1) is 5.10 Å². The fraction of sp³-hybridized carbons (Fsp3) is 0.400. The SMILES string of the molecule is COc1ccc(C)cc1C1Cn2nc(N)nc2CC1C(=O)O. The molecular weight excluding hydrogens is 284 g/mol. The van der Waals surface area contributed by atoms with Crippen molar-refractivity contribution in [1.29, 1.82) is 0 Å². The highest BCUT2D eigenvalue weighted by Crippen LogP contribution is 2.38. The summed E-state index contributed by atoms with van der Waals surface area (Å²) in [6, 6.07) is 5.79. The molecule has 1 aliphatic heterocycles. The number of aliphatic carboxylic acids is 1. The first kappa shape index (κ1) is 14.4. The Hall–Kier alpha value is -2.57. The molecule has 0 aliphatic carbocycles. The van der Waals surface area contributed by atoms with Crippen LogP contribution in [0.4, 0.5) is 5.95 Å². The number of fused-ring (bicyclic) bond motifs is 1. The molecule has 7 heteroatoms. The second kappa shape index (κ2) is 5.32. The van der Waals surface area contributed by atoms with Gasteiger partial charge in [0.15, 0.2) is 0 Å². The normalized spacial score (nSPS) is 20.5. The largest absolute Gasteiger partial charge is 0.496 e. The molecule has 0 bridgehead atoms. The average molecular weight is 302 g/mol. The summed E-state index contributed by atoms with van der Waals surface area (Å²) in [6.07, 6.45) is 0.307. The number of nitrogen functional groups attached to an aromatic ring is 1. The van der Waals surface area contributed by atoms with Crippen molar-refractivity contribution in [3.05, 3.63) is 35.2 Å². The number of methoxy groups -OCH3 is 1. The number of ether oxygens (including phenoxy) is 1. The number of hydrogen-bond donors (Lipinski definition) is 2. The van der Waals surface area contributed by atoms with E-state index in [-0.39, 0.29) is 11.9 Å². The highest BCUT2D eigenvalue weighted by atomic mass is 16.5. The predicted molar refractivity (Wildman–Crippen MR) is 79.7 cm³/mol. The summed E-state index contributed by atoms with van der Waals surface area (Å²) in [5, 5.41) is 13.8. The number of hydrogen-bond acceptors (Lipinski definition) is 5. The van der Waals surface area contributed by atoms with Crippen molar-refractivity contribution in [1.82, 2.24) is 14.8 Å². The predicted octanol–water partition coefficient (Wildman–Crippen LogP) is 1.22. The first-order valence-electron chi connectivity index (χ1n) is 7.06. The maximum absolute atomic E-state index is 11.7. The summed E-state index contributed by atoms with van der Waals surface area (Å²) in [4.78, 5) is 15.8. The van der Waals surface area contributed by atoms with Crippen LogP contribution >= 0.6 is 0 Å². The van der Waals surface area contributed by atoms with Crippen LogP contribution in [-0.4, -0.2) is 33.0 Å². The number of rotatable bonds is 3. The van der Waals surface area contributed by atoms with Gasteiger partial charge < -0.3 is 15.6 Å². The lowest BCUT2D eigenvalue weighted by Crippen LogP contribution is -2.34. The number of aromatic nitrogens is 3. The first-order chi connectivity index (χ1) is 10.5. The van der Waals surface area contributed by atoms with E-state index in [2.05, 4.69) is 10.1 Å². The van der Waals surface area contributed by atoms with E-state index < -0.39 is 11.9 Å². The molecular formula is C15H18N4O3. The molecule has 0 saturated carbocycles. The van der Waals surface area contributed by atoms with E-state index in [4.69, 9.17) is 10.5 Å². The van der Waals surface area contributed by atoms with Gasteiger partial charge in [0.1, 0.15) is 11.6 Å². The molecule has 1 aliphatic rings. The maximum atomic E-state index is 11.7. The Morgan fingerprint density at radius 3 is 2.95 bits per heavy atom. The lowest BCUT2D eigenvalue weighted by atomic mass is 9.80. The fourth-order valence-electron chi connectivity index (χ4n) is 3.06. The topological polar surface area (TPSA) is 103 Å². The Morgan fingerprint density at radius 2 is 2.27 bits per heavy atom. The molecule has 3 rings (SSSR count). The summed E-state index contributed by atoms with van der Waals surface area (Å²) in [6.45, 7) is 2.40. The van der Waals surface area contributed by atoms with Gasteiger partial charge in [-0.2, -0.15) is 4.98 Å². The van der Waals surface area contributed by atoms with Crippen molar-refractivity contribution in [3.8, 4) is 5.75 Å². The third kappa shape index (κ3) is 2.38. The lowest BCUT2D eigenvalue weighted by molar-refractivity contribution is -0.143. The minimum atomic E-state index is -0.846. The molecule has 2 heterocycles. The van der Waals surface area contributed by atoms with Gasteiger partial charge in [0, 0.05) is 17.9 Å². The molecule has 0 spiro atoms. The van der Waals surface area contributed by atoms with Crippen molar-refractivity contribution < 1.29 is 14.6 Å². The number of carboxylic acids is 1. The number of carbonyl (C=O) groups is 1. The van der Waals surface area contributed by atoms with Crippen LogP contribution in [0.15, 0.2) is 18.2 Å². The van der Waals surface area contributed by atoms with Crippen LogP contribution in [0.3, 0.4) is 0 Å². The van der Waals surface area contributed by atoms with E-state index in [1.54, 1.807) is 11.8 Å². The summed E-state index contributed by atoms with van der Waals surface area (Å²) in [7, 11) is 1.59. The zero-order valence-corrected chi connectivity index (χ0v) is 12.5. The molecule has 3 N–H and O–H groups in total. The molecule has 22 heavy (non-hydrogen) atoms. The van der Waals surface area contributed by atoms with E-state index in [1.165, 1.54) is 0 Å². The number of carboxylic acid groups (broad SMARTS) is 1. The molecule has 7 nitrogen and oxygen atoms in total. The molecule has 2 unspecified atom stereocenters. The van der Waals surface area contributed by atoms with Crippen LogP contribution in [0.2, 0.25) is 0 Å². The van der Waals surface area contributed by atoms with Crippen molar-refractivity contribution >= 4 is 11.9 Å². The van der Waals surface area contributed by atoms with E-state index in [0.717, 1.165) is 11.1 Å². The van der Waals surface area contributed by atoms with Gasteiger partial charge in [0.25, 0.3) is 0 Å². The number of aryl methyl sites for hydroxylation is 1. The van der Waals surface area contributed by atoms with Gasteiger partial charge in [-0.3, -0.25) is 4.79 Å². The molecule has 116 valence electrons. The zero-order chi connectivity index (χ0) is 15.9. The van der Waals surface area contributed by atoms with Crippen molar-refractivity contribution in [2.45, 2.75) is 25.8 Å². The summed E-state index contributed by atoms with van der Waals surface area (Å²) in [5.41, 5.74) is 7.57. The Bertz CT molecular complexity index is 726. The number of anilines is 1. The molecule has 0 saturated heterocycles. The van der Waals surface area contributed by atoms with Crippen molar-refractivity contribution in [2.24, 2.45) is 5.92 Å². The maximum Gasteiger partial charge on any atom is 0.307 e. The fourth-order valence-corrected chi connectivity index (χ4v) is 3.06. The molecule has 0 radical (unpaired) electrons. The highest BCUT2D eigenvalue weighted by molar-refractivity contribution is 5.72. The Balaban J connectivity index is 2.08. The van der Waals surface area contributed by atoms with Gasteiger partial charge in [0.05, 0.1) is 19.6 Å². The van der Waals surface area contributed by atoms with Crippen LogP contribution < -0.4 is 10.5 Å². The van der Waals surface area contributed by atoms with Crippen LogP contribution in [-0.2, 0) is 17.8 Å². The third-order valence-electron chi connectivity index (χ3n) is 4.12.